The monoisotopic (exact) mass is 234 g/mol. The van der Waals surface area contributed by atoms with Gasteiger partial charge in [0.1, 0.15) is 0 Å². The van der Waals surface area contributed by atoms with E-state index in [4.69, 9.17) is 0 Å². The highest BCUT2D eigenvalue weighted by Gasteiger charge is 2.25. The fraction of sp³-hybridized carbons (Fsp3) is 0.769. The summed E-state index contributed by atoms with van der Waals surface area (Å²) in [6.07, 6.45) is 9.28. The van der Waals surface area contributed by atoms with Gasteiger partial charge in [-0.2, -0.15) is 0 Å². The smallest absolute Gasteiger partial charge is 0.0951 e. The molecule has 1 aromatic rings. The minimum absolute atomic E-state index is 0.649. The fourth-order valence-electron chi connectivity index (χ4n) is 2.73. The molecule has 0 aromatic carbocycles. The molecular weight excluding hydrogens is 212 g/mol. The lowest BCUT2D eigenvalue weighted by atomic mass is 10.1. The summed E-state index contributed by atoms with van der Waals surface area (Å²) in [4.78, 5) is 6.69. The normalized spacial score (nSPS) is 26.3. The lowest BCUT2D eigenvalue weighted by Crippen LogP contribution is -2.43. The standard InChI is InChI=1S/C13H22N4/c1-16-6-2-3-11(9-16)15-8-13-7-14-10-17(13)12-4-5-12/h7,10-12,15H,2-6,8-9H2,1H3. The van der Waals surface area contributed by atoms with E-state index in [9.17, 15) is 0 Å². The first-order valence-electron chi connectivity index (χ1n) is 6.75. The molecule has 4 nitrogen and oxygen atoms in total. The molecule has 1 saturated carbocycles. The summed E-state index contributed by atoms with van der Waals surface area (Å²) in [6, 6.07) is 1.39. The molecule has 2 aliphatic rings. The van der Waals surface area contributed by atoms with Crippen molar-refractivity contribution in [3.05, 3.63) is 18.2 Å². The Hall–Kier alpha value is -0.870. The van der Waals surface area contributed by atoms with Crippen LogP contribution in [0.15, 0.2) is 12.5 Å². The molecule has 1 unspecified atom stereocenters. The molecule has 2 fully saturated rings. The van der Waals surface area contributed by atoms with Crippen LogP contribution < -0.4 is 5.32 Å². The van der Waals surface area contributed by atoms with Gasteiger partial charge in [-0.05, 0) is 39.3 Å². The molecule has 0 radical (unpaired) electrons. The van der Waals surface area contributed by atoms with Crippen LogP contribution in [0.1, 0.15) is 37.4 Å². The molecule has 0 spiro atoms. The Kier molecular flexibility index (Phi) is 3.16. The predicted octanol–water partition coefficient (Wildman–Crippen LogP) is 1.40. The molecular formula is C13H22N4. The van der Waals surface area contributed by atoms with Crippen molar-refractivity contribution in [3.8, 4) is 0 Å². The Labute approximate surface area is 103 Å². The number of hydrogen-bond donors (Lipinski definition) is 1. The van der Waals surface area contributed by atoms with E-state index in [1.807, 2.05) is 12.5 Å². The van der Waals surface area contributed by atoms with E-state index in [1.54, 1.807) is 0 Å². The van der Waals surface area contributed by atoms with Gasteiger partial charge in [-0.3, -0.25) is 0 Å². The number of rotatable bonds is 4. The second-order valence-corrected chi connectivity index (χ2v) is 5.51. The molecule has 94 valence electrons. The topological polar surface area (TPSA) is 33.1 Å². The third kappa shape index (κ3) is 2.69. The van der Waals surface area contributed by atoms with Crippen molar-refractivity contribution < 1.29 is 0 Å². The van der Waals surface area contributed by atoms with Crippen molar-refractivity contribution in [3.63, 3.8) is 0 Å². The zero-order valence-electron chi connectivity index (χ0n) is 10.6. The Morgan fingerprint density at radius 3 is 3.06 bits per heavy atom. The lowest BCUT2D eigenvalue weighted by Gasteiger charge is -2.30. The maximum Gasteiger partial charge on any atom is 0.0951 e. The van der Waals surface area contributed by atoms with E-state index in [1.165, 1.54) is 44.5 Å². The fourth-order valence-corrected chi connectivity index (χ4v) is 2.73. The number of nitrogens with zero attached hydrogens (tertiary/aromatic N) is 3. The van der Waals surface area contributed by atoms with Crippen molar-refractivity contribution in [1.29, 1.82) is 0 Å². The van der Waals surface area contributed by atoms with E-state index >= 15 is 0 Å². The third-order valence-electron chi connectivity index (χ3n) is 3.88. The van der Waals surface area contributed by atoms with Crippen molar-refractivity contribution in [2.45, 2.75) is 44.3 Å². The van der Waals surface area contributed by atoms with Crippen molar-refractivity contribution in [2.24, 2.45) is 0 Å². The quantitative estimate of drug-likeness (QED) is 0.855. The highest BCUT2D eigenvalue weighted by atomic mass is 15.2. The van der Waals surface area contributed by atoms with Crippen LogP contribution in [0.3, 0.4) is 0 Å². The van der Waals surface area contributed by atoms with Crippen LogP contribution in [0.5, 0.6) is 0 Å². The first-order valence-corrected chi connectivity index (χ1v) is 6.75. The molecule has 1 atom stereocenters. The summed E-state index contributed by atoms with van der Waals surface area (Å²) in [7, 11) is 2.21. The van der Waals surface area contributed by atoms with Gasteiger partial charge in [0.15, 0.2) is 0 Å². The Balaban J connectivity index is 1.54. The highest BCUT2D eigenvalue weighted by Crippen LogP contribution is 2.35. The molecule has 3 rings (SSSR count). The molecule has 1 N–H and O–H groups in total. The molecule has 2 heterocycles. The minimum atomic E-state index is 0.649. The number of likely N-dealkylation sites (N-methyl/N-ethyl adjacent to an activating group) is 1. The molecule has 1 aliphatic carbocycles. The molecule has 1 aromatic heterocycles. The van der Waals surface area contributed by atoms with E-state index in [-0.39, 0.29) is 0 Å². The minimum Gasteiger partial charge on any atom is -0.330 e. The number of hydrogen-bond acceptors (Lipinski definition) is 3. The number of likely N-dealkylation sites (tertiary alicyclic amines) is 1. The van der Waals surface area contributed by atoms with Gasteiger partial charge < -0.3 is 14.8 Å². The van der Waals surface area contributed by atoms with Crippen LogP contribution in [-0.4, -0.2) is 40.6 Å². The molecule has 0 bridgehead atoms. The Morgan fingerprint density at radius 1 is 1.41 bits per heavy atom. The highest BCUT2D eigenvalue weighted by molar-refractivity contribution is 5.03. The maximum atomic E-state index is 4.27. The van der Waals surface area contributed by atoms with Gasteiger partial charge in [0.05, 0.1) is 12.0 Å². The second-order valence-electron chi connectivity index (χ2n) is 5.51. The first-order chi connectivity index (χ1) is 8.33. The Morgan fingerprint density at radius 2 is 2.29 bits per heavy atom. The number of imidazole rings is 1. The van der Waals surface area contributed by atoms with Gasteiger partial charge in [-0.1, -0.05) is 0 Å². The molecule has 4 heteroatoms. The van der Waals surface area contributed by atoms with E-state index < -0.39 is 0 Å². The van der Waals surface area contributed by atoms with E-state index in [0.29, 0.717) is 6.04 Å². The molecule has 1 aliphatic heterocycles. The van der Waals surface area contributed by atoms with Gasteiger partial charge in [0.2, 0.25) is 0 Å². The van der Waals surface area contributed by atoms with Crippen molar-refractivity contribution in [2.75, 3.05) is 20.1 Å². The Bertz CT molecular complexity index is 369. The summed E-state index contributed by atoms with van der Waals surface area (Å²) in [5, 5.41) is 3.67. The maximum absolute atomic E-state index is 4.27. The van der Waals surface area contributed by atoms with E-state index in [2.05, 4.69) is 26.8 Å². The first kappa shape index (κ1) is 11.2. The molecule has 1 saturated heterocycles. The predicted molar refractivity (Wildman–Crippen MR) is 67.9 cm³/mol. The SMILES string of the molecule is CN1CCCC(NCc2cncn2C2CC2)C1. The average molecular weight is 234 g/mol. The molecule has 17 heavy (non-hydrogen) atoms. The summed E-state index contributed by atoms with van der Waals surface area (Å²) < 4.78 is 2.35. The van der Waals surface area contributed by atoms with Gasteiger partial charge in [0.25, 0.3) is 0 Å². The van der Waals surface area contributed by atoms with Crippen LogP contribution in [0, 0.1) is 0 Å². The van der Waals surface area contributed by atoms with Crippen molar-refractivity contribution in [1.82, 2.24) is 19.8 Å². The van der Waals surface area contributed by atoms with Crippen LogP contribution in [0.25, 0.3) is 0 Å². The number of nitrogens with one attached hydrogen (secondary N) is 1. The van der Waals surface area contributed by atoms with E-state index in [0.717, 1.165) is 12.6 Å². The lowest BCUT2D eigenvalue weighted by molar-refractivity contribution is 0.226. The van der Waals surface area contributed by atoms with Crippen LogP contribution in [0.4, 0.5) is 0 Å². The average Bonchev–Trinajstić information content (AvgIpc) is 3.06. The number of aromatic nitrogens is 2. The van der Waals surface area contributed by atoms with Gasteiger partial charge in [-0.25, -0.2) is 4.98 Å². The van der Waals surface area contributed by atoms with Crippen LogP contribution in [-0.2, 0) is 6.54 Å². The summed E-state index contributed by atoms with van der Waals surface area (Å²) in [5.74, 6) is 0. The summed E-state index contributed by atoms with van der Waals surface area (Å²) in [6.45, 7) is 3.39. The zero-order valence-corrected chi connectivity index (χ0v) is 10.6. The molecule has 0 amide bonds. The summed E-state index contributed by atoms with van der Waals surface area (Å²) >= 11 is 0. The number of piperidine rings is 1. The van der Waals surface area contributed by atoms with Gasteiger partial charge in [0, 0.05) is 31.4 Å². The van der Waals surface area contributed by atoms with Gasteiger partial charge >= 0.3 is 0 Å². The third-order valence-corrected chi connectivity index (χ3v) is 3.88. The van der Waals surface area contributed by atoms with Crippen LogP contribution in [0.2, 0.25) is 0 Å². The second kappa shape index (κ2) is 4.78. The largest absolute Gasteiger partial charge is 0.330 e. The van der Waals surface area contributed by atoms with Gasteiger partial charge in [-0.15, -0.1) is 0 Å². The van der Waals surface area contributed by atoms with Crippen molar-refractivity contribution >= 4 is 0 Å². The van der Waals surface area contributed by atoms with Crippen LogP contribution >= 0.6 is 0 Å². The summed E-state index contributed by atoms with van der Waals surface area (Å²) in [5.41, 5.74) is 1.35. The zero-order chi connectivity index (χ0) is 11.7.